The molecular formula is C17H32S. The van der Waals surface area contributed by atoms with Crippen molar-refractivity contribution in [2.45, 2.75) is 69.2 Å². The van der Waals surface area contributed by atoms with Crippen LogP contribution in [-0.2, 0) is 0 Å². The Balaban J connectivity index is 5.26. The van der Waals surface area contributed by atoms with Crippen LogP contribution in [0.15, 0.2) is 22.0 Å². The molecule has 0 fully saturated rings. The van der Waals surface area contributed by atoms with Crippen LogP contribution < -0.4 is 0 Å². The highest BCUT2D eigenvalue weighted by Crippen LogP contribution is 2.52. The molecule has 0 aromatic heterocycles. The highest BCUT2D eigenvalue weighted by atomic mass is 32.2. The van der Waals surface area contributed by atoms with E-state index < -0.39 is 0 Å². The highest BCUT2D eigenvalue weighted by molar-refractivity contribution is 8.06. The number of thioether (sulfide) groups is 1. The Morgan fingerprint density at radius 3 is 1.44 bits per heavy atom. The number of hydrogen-bond donors (Lipinski definition) is 0. The topological polar surface area (TPSA) is 0 Å². The van der Waals surface area contributed by atoms with Crippen LogP contribution in [-0.4, -0.2) is 0 Å². The van der Waals surface area contributed by atoms with Gasteiger partial charge in [-0.3, -0.25) is 0 Å². The fourth-order valence-corrected chi connectivity index (χ4v) is 2.99. The average molecular weight is 269 g/mol. The first-order chi connectivity index (χ1) is 7.71. The minimum atomic E-state index is 0.115. The van der Waals surface area contributed by atoms with E-state index in [1.807, 2.05) is 11.8 Å². The third-order valence-electron chi connectivity index (χ3n) is 3.93. The summed E-state index contributed by atoms with van der Waals surface area (Å²) in [6.45, 7) is 27.1. The minimum Gasteiger partial charge on any atom is -0.0985 e. The van der Waals surface area contributed by atoms with Gasteiger partial charge in [-0.05, 0) is 34.5 Å². The van der Waals surface area contributed by atoms with E-state index in [0.29, 0.717) is 0 Å². The molecule has 0 heterocycles. The Hall–Kier alpha value is -0.170. The van der Waals surface area contributed by atoms with Crippen molar-refractivity contribution in [2.75, 3.05) is 0 Å². The zero-order valence-electron chi connectivity index (χ0n) is 14.1. The molecule has 0 saturated heterocycles. The first-order valence-electron chi connectivity index (χ1n) is 6.76. The second-order valence-corrected chi connectivity index (χ2v) is 9.08. The Morgan fingerprint density at radius 1 is 0.833 bits per heavy atom. The van der Waals surface area contributed by atoms with Crippen LogP contribution in [0.2, 0.25) is 0 Å². The van der Waals surface area contributed by atoms with Crippen LogP contribution in [0.4, 0.5) is 0 Å². The van der Waals surface area contributed by atoms with Gasteiger partial charge < -0.3 is 0 Å². The fraction of sp³-hybridized carbons (Fsp3) is 0.765. The van der Waals surface area contributed by atoms with Crippen LogP contribution in [0, 0.1) is 16.2 Å². The lowest BCUT2D eigenvalue weighted by molar-refractivity contribution is 0.189. The summed E-state index contributed by atoms with van der Waals surface area (Å²) in [5.41, 5.74) is 1.93. The summed E-state index contributed by atoms with van der Waals surface area (Å²) < 4.78 is 0. The van der Waals surface area contributed by atoms with Crippen LogP contribution in [0.25, 0.3) is 0 Å². The van der Waals surface area contributed by atoms with E-state index in [4.69, 9.17) is 0 Å². The summed E-state index contributed by atoms with van der Waals surface area (Å²) in [6.07, 6.45) is 0. The van der Waals surface area contributed by atoms with Gasteiger partial charge >= 0.3 is 0 Å². The first kappa shape index (κ1) is 17.8. The van der Waals surface area contributed by atoms with Gasteiger partial charge in [0.1, 0.15) is 0 Å². The second kappa shape index (κ2) is 5.45. The maximum absolute atomic E-state index is 4.36. The van der Waals surface area contributed by atoms with E-state index in [2.05, 4.69) is 75.8 Å². The van der Waals surface area contributed by atoms with E-state index in [1.54, 1.807) is 0 Å². The van der Waals surface area contributed by atoms with Crippen molar-refractivity contribution >= 4 is 11.8 Å². The molecule has 0 aliphatic rings. The van der Waals surface area contributed by atoms with E-state index in [1.165, 1.54) is 15.4 Å². The van der Waals surface area contributed by atoms with Crippen molar-refractivity contribution in [3.05, 3.63) is 22.0 Å². The standard InChI is InChI=1S/C17H32S/c1-12(2)14(15(4,5)6)18-13(3)17(10,11)16(7,8)9/h3H2,1-2,4-11H3. The van der Waals surface area contributed by atoms with Gasteiger partial charge in [-0.15, -0.1) is 0 Å². The zero-order valence-corrected chi connectivity index (χ0v) is 14.9. The smallest absolute Gasteiger partial charge is 0.000226 e. The zero-order chi connectivity index (χ0) is 14.9. The lowest BCUT2D eigenvalue weighted by atomic mass is 9.69. The van der Waals surface area contributed by atoms with Crippen molar-refractivity contribution in [3.63, 3.8) is 0 Å². The van der Waals surface area contributed by atoms with E-state index >= 15 is 0 Å². The van der Waals surface area contributed by atoms with Gasteiger partial charge in [0.2, 0.25) is 0 Å². The van der Waals surface area contributed by atoms with E-state index in [-0.39, 0.29) is 16.2 Å². The molecule has 0 radical (unpaired) electrons. The van der Waals surface area contributed by atoms with Gasteiger partial charge in [0.15, 0.2) is 0 Å². The summed E-state index contributed by atoms with van der Waals surface area (Å²) >= 11 is 1.88. The monoisotopic (exact) mass is 268 g/mol. The lowest BCUT2D eigenvalue weighted by Crippen LogP contribution is -2.30. The molecule has 0 rings (SSSR count). The van der Waals surface area contributed by atoms with Crippen molar-refractivity contribution in [1.82, 2.24) is 0 Å². The maximum atomic E-state index is 4.36. The number of rotatable bonds is 3. The Bertz CT molecular complexity index is 339. The average Bonchev–Trinajstić information content (AvgIpc) is 2.08. The first-order valence-corrected chi connectivity index (χ1v) is 7.58. The molecular weight excluding hydrogens is 236 g/mol. The Kier molecular flexibility index (Phi) is 5.39. The summed E-state index contributed by atoms with van der Waals surface area (Å²) in [7, 11) is 0. The fourth-order valence-electron chi connectivity index (χ4n) is 1.67. The third-order valence-corrected chi connectivity index (χ3v) is 5.91. The molecule has 106 valence electrons. The lowest BCUT2D eigenvalue weighted by Gasteiger charge is -2.41. The molecule has 0 amide bonds. The molecule has 0 nitrogen and oxygen atoms in total. The third kappa shape index (κ3) is 4.19. The largest absolute Gasteiger partial charge is 0.0985 e. The molecule has 0 aromatic carbocycles. The second-order valence-electron chi connectivity index (χ2n) is 7.98. The molecule has 0 N–H and O–H groups in total. The van der Waals surface area contributed by atoms with E-state index in [9.17, 15) is 0 Å². The Labute approximate surface area is 119 Å². The van der Waals surface area contributed by atoms with Crippen LogP contribution >= 0.6 is 11.8 Å². The predicted octanol–water partition coefficient (Wildman–Crippen LogP) is 6.65. The normalized spacial score (nSPS) is 13.4. The summed E-state index contributed by atoms with van der Waals surface area (Å²) in [4.78, 5) is 2.71. The molecule has 0 bridgehead atoms. The number of allylic oxidation sites excluding steroid dienone is 3. The SMILES string of the molecule is C=C(SC(=C(C)C)C(C)(C)C)C(C)(C)C(C)(C)C. The van der Waals surface area contributed by atoms with Crippen LogP contribution in [0.5, 0.6) is 0 Å². The Morgan fingerprint density at radius 2 is 1.22 bits per heavy atom. The van der Waals surface area contributed by atoms with Gasteiger partial charge in [0.05, 0.1) is 0 Å². The van der Waals surface area contributed by atoms with Gasteiger partial charge in [-0.25, -0.2) is 0 Å². The predicted molar refractivity (Wildman–Crippen MR) is 87.8 cm³/mol. The summed E-state index contributed by atoms with van der Waals surface area (Å²) in [5.74, 6) is 0. The van der Waals surface area contributed by atoms with Gasteiger partial charge in [-0.2, -0.15) is 0 Å². The van der Waals surface area contributed by atoms with Crippen LogP contribution in [0.3, 0.4) is 0 Å². The molecule has 0 aromatic rings. The van der Waals surface area contributed by atoms with Gasteiger partial charge in [-0.1, -0.05) is 79.3 Å². The van der Waals surface area contributed by atoms with Gasteiger partial charge in [0.25, 0.3) is 0 Å². The summed E-state index contributed by atoms with van der Waals surface area (Å²) in [6, 6.07) is 0. The highest BCUT2D eigenvalue weighted by Gasteiger charge is 2.36. The summed E-state index contributed by atoms with van der Waals surface area (Å²) in [5, 5.41) is 0. The molecule has 0 unspecified atom stereocenters. The molecule has 0 saturated carbocycles. The van der Waals surface area contributed by atoms with Crippen molar-refractivity contribution in [1.29, 1.82) is 0 Å². The van der Waals surface area contributed by atoms with Crippen LogP contribution in [0.1, 0.15) is 69.2 Å². The molecule has 0 aliphatic carbocycles. The molecule has 0 atom stereocenters. The van der Waals surface area contributed by atoms with Crippen molar-refractivity contribution in [2.24, 2.45) is 16.2 Å². The molecule has 18 heavy (non-hydrogen) atoms. The maximum Gasteiger partial charge on any atom is 0.000226 e. The number of hydrogen-bond acceptors (Lipinski definition) is 1. The molecule has 0 spiro atoms. The van der Waals surface area contributed by atoms with E-state index in [0.717, 1.165) is 0 Å². The molecule has 1 heteroatoms. The molecule has 0 aliphatic heterocycles. The van der Waals surface area contributed by atoms with Crippen molar-refractivity contribution in [3.8, 4) is 0 Å². The quantitative estimate of drug-likeness (QED) is 0.552. The van der Waals surface area contributed by atoms with Crippen molar-refractivity contribution < 1.29 is 0 Å². The minimum absolute atomic E-state index is 0.115. The van der Waals surface area contributed by atoms with Gasteiger partial charge in [0, 0.05) is 5.41 Å².